The van der Waals surface area contributed by atoms with E-state index in [9.17, 15) is 5.11 Å². The van der Waals surface area contributed by atoms with E-state index in [0.717, 1.165) is 19.4 Å². The highest BCUT2D eigenvalue weighted by atomic mass is 16.3. The molecular formula is C14H23NO. The van der Waals surface area contributed by atoms with Gasteiger partial charge in [-0.25, -0.2) is 0 Å². The second-order valence-corrected chi connectivity index (χ2v) is 4.52. The number of hydrogen-bond acceptors (Lipinski definition) is 2. The fourth-order valence-corrected chi connectivity index (χ4v) is 1.76. The van der Waals surface area contributed by atoms with Crippen LogP contribution < -0.4 is 5.32 Å². The van der Waals surface area contributed by atoms with E-state index in [1.165, 1.54) is 11.1 Å². The van der Waals surface area contributed by atoms with Crippen molar-refractivity contribution in [1.29, 1.82) is 0 Å². The Hall–Kier alpha value is -0.860. The molecule has 0 aliphatic rings. The molecule has 0 saturated carbocycles. The van der Waals surface area contributed by atoms with E-state index in [1.807, 2.05) is 13.8 Å². The highest BCUT2D eigenvalue weighted by Gasteiger charge is 2.20. The van der Waals surface area contributed by atoms with Gasteiger partial charge in [0.25, 0.3) is 0 Å². The largest absolute Gasteiger partial charge is 0.389 e. The average molecular weight is 221 g/mol. The molecule has 0 unspecified atom stereocenters. The quantitative estimate of drug-likeness (QED) is 0.774. The summed E-state index contributed by atoms with van der Waals surface area (Å²) >= 11 is 0. The zero-order chi connectivity index (χ0) is 12.0. The van der Waals surface area contributed by atoms with Crippen LogP contribution in [0.25, 0.3) is 0 Å². The van der Waals surface area contributed by atoms with Gasteiger partial charge in [-0.3, -0.25) is 0 Å². The Kier molecular flexibility index (Phi) is 4.97. The van der Waals surface area contributed by atoms with Crippen molar-refractivity contribution in [3.8, 4) is 0 Å². The predicted octanol–water partition coefficient (Wildman–Crippen LogP) is 2.64. The van der Waals surface area contributed by atoms with Crippen LogP contribution in [0.4, 0.5) is 0 Å². The minimum absolute atomic E-state index is 0.552. The van der Waals surface area contributed by atoms with Gasteiger partial charge >= 0.3 is 0 Å². The number of nitrogens with one attached hydrogen (secondary N) is 1. The van der Waals surface area contributed by atoms with Crippen LogP contribution in [0.3, 0.4) is 0 Å². The topological polar surface area (TPSA) is 32.3 Å². The normalized spacial score (nSPS) is 11.8. The van der Waals surface area contributed by atoms with Crippen molar-refractivity contribution >= 4 is 0 Å². The molecule has 0 radical (unpaired) electrons. The second kappa shape index (κ2) is 6.02. The Bertz CT molecular complexity index is 318. The monoisotopic (exact) mass is 221 g/mol. The minimum atomic E-state index is -0.552. The molecule has 16 heavy (non-hydrogen) atoms. The lowest BCUT2D eigenvalue weighted by Crippen LogP contribution is -2.39. The zero-order valence-electron chi connectivity index (χ0n) is 10.6. The van der Waals surface area contributed by atoms with Crippen LogP contribution in [0, 0.1) is 6.92 Å². The van der Waals surface area contributed by atoms with Gasteiger partial charge in [0.05, 0.1) is 5.60 Å². The van der Waals surface area contributed by atoms with E-state index in [-0.39, 0.29) is 0 Å². The first-order valence-corrected chi connectivity index (χ1v) is 6.08. The lowest BCUT2D eigenvalue weighted by molar-refractivity contribution is 0.0323. The molecule has 0 spiro atoms. The molecule has 0 aromatic heterocycles. The van der Waals surface area contributed by atoms with Gasteiger partial charge in [-0.1, -0.05) is 43.7 Å². The molecule has 0 heterocycles. The predicted molar refractivity (Wildman–Crippen MR) is 68.4 cm³/mol. The Morgan fingerprint density at radius 2 is 1.94 bits per heavy atom. The van der Waals surface area contributed by atoms with Gasteiger partial charge < -0.3 is 10.4 Å². The first kappa shape index (κ1) is 13.2. The fourth-order valence-electron chi connectivity index (χ4n) is 1.76. The van der Waals surface area contributed by atoms with Gasteiger partial charge in [-0.15, -0.1) is 0 Å². The van der Waals surface area contributed by atoms with Gasteiger partial charge in [-0.2, -0.15) is 0 Å². The molecule has 0 fully saturated rings. The Labute approximate surface area is 98.7 Å². The molecule has 0 amide bonds. The first-order valence-electron chi connectivity index (χ1n) is 6.08. The minimum Gasteiger partial charge on any atom is -0.389 e. The van der Waals surface area contributed by atoms with Crippen LogP contribution in [0.15, 0.2) is 24.3 Å². The maximum Gasteiger partial charge on any atom is 0.0766 e. The van der Waals surface area contributed by atoms with E-state index in [0.29, 0.717) is 6.54 Å². The fraction of sp³-hybridized carbons (Fsp3) is 0.571. The first-order chi connectivity index (χ1) is 7.59. The van der Waals surface area contributed by atoms with Gasteiger partial charge in [-0.05, 0) is 25.3 Å². The number of aliphatic hydroxyl groups is 1. The van der Waals surface area contributed by atoms with Crippen molar-refractivity contribution in [3.63, 3.8) is 0 Å². The Balaban J connectivity index is 2.41. The van der Waals surface area contributed by atoms with Crippen molar-refractivity contribution in [1.82, 2.24) is 5.32 Å². The highest BCUT2D eigenvalue weighted by molar-refractivity contribution is 5.21. The summed E-state index contributed by atoms with van der Waals surface area (Å²) in [6.07, 6.45) is 1.59. The standard InChI is InChI=1S/C14H23NO/c1-4-14(16,5-2)11-15-10-13-8-6-7-12(3)9-13/h6-9,15-16H,4-5,10-11H2,1-3H3. The smallest absolute Gasteiger partial charge is 0.0766 e. The Morgan fingerprint density at radius 3 is 2.50 bits per heavy atom. The maximum atomic E-state index is 10.1. The molecule has 2 nitrogen and oxygen atoms in total. The molecule has 0 atom stereocenters. The van der Waals surface area contributed by atoms with Crippen molar-refractivity contribution < 1.29 is 5.11 Å². The summed E-state index contributed by atoms with van der Waals surface area (Å²) in [5.41, 5.74) is 2.00. The molecule has 1 rings (SSSR count). The molecule has 2 heteroatoms. The van der Waals surface area contributed by atoms with E-state index >= 15 is 0 Å². The van der Waals surface area contributed by atoms with E-state index < -0.39 is 5.60 Å². The molecule has 1 aromatic rings. The molecule has 0 saturated heterocycles. The van der Waals surface area contributed by atoms with Crippen LogP contribution in [0.5, 0.6) is 0 Å². The highest BCUT2D eigenvalue weighted by Crippen LogP contribution is 2.13. The number of hydrogen-bond donors (Lipinski definition) is 2. The average Bonchev–Trinajstić information content (AvgIpc) is 2.29. The van der Waals surface area contributed by atoms with Crippen LogP contribution in [0.1, 0.15) is 37.8 Å². The van der Waals surface area contributed by atoms with Crippen LogP contribution in [-0.4, -0.2) is 17.3 Å². The SMILES string of the molecule is CCC(O)(CC)CNCc1cccc(C)c1. The second-order valence-electron chi connectivity index (χ2n) is 4.52. The lowest BCUT2D eigenvalue weighted by atomic mass is 9.97. The van der Waals surface area contributed by atoms with Crippen molar-refractivity contribution in [2.24, 2.45) is 0 Å². The van der Waals surface area contributed by atoms with E-state index in [4.69, 9.17) is 0 Å². The molecule has 0 aliphatic heterocycles. The molecule has 0 bridgehead atoms. The number of benzene rings is 1. The third kappa shape index (κ3) is 3.95. The van der Waals surface area contributed by atoms with Crippen LogP contribution in [0.2, 0.25) is 0 Å². The van der Waals surface area contributed by atoms with Crippen LogP contribution in [-0.2, 0) is 6.54 Å². The van der Waals surface area contributed by atoms with Crippen molar-refractivity contribution in [2.45, 2.75) is 45.8 Å². The summed E-state index contributed by atoms with van der Waals surface area (Å²) in [4.78, 5) is 0. The Morgan fingerprint density at radius 1 is 1.25 bits per heavy atom. The molecule has 0 aliphatic carbocycles. The summed E-state index contributed by atoms with van der Waals surface area (Å²) in [5, 5.41) is 13.4. The van der Waals surface area contributed by atoms with Gasteiger partial charge in [0.15, 0.2) is 0 Å². The lowest BCUT2D eigenvalue weighted by Gasteiger charge is -2.25. The van der Waals surface area contributed by atoms with E-state index in [1.54, 1.807) is 0 Å². The van der Waals surface area contributed by atoms with Gasteiger partial charge in [0, 0.05) is 13.1 Å². The van der Waals surface area contributed by atoms with E-state index in [2.05, 4.69) is 36.5 Å². The summed E-state index contributed by atoms with van der Waals surface area (Å²) < 4.78 is 0. The molecule has 90 valence electrons. The molecule has 2 N–H and O–H groups in total. The summed E-state index contributed by atoms with van der Waals surface area (Å²) in [5.74, 6) is 0. The third-order valence-corrected chi connectivity index (χ3v) is 3.18. The molecule has 1 aromatic carbocycles. The van der Waals surface area contributed by atoms with Crippen molar-refractivity contribution in [3.05, 3.63) is 35.4 Å². The third-order valence-electron chi connectivity index (χ3n) is 3.18. The summed E-state index contributed by atoms with van der Waals surface area (Å²) in [6, 6.07) is 8.44. The van der Waals surface area contributed by atoms with Gasteiger partial charge in [0.2, 0.25) is 0 Å². The number of rotatable bonds is 6. The number of aryl methyl sites for hydroxylation is 1. The van der Waals surface area contributed by atoms with Crippen molar-refractivity contribution in [2.75, 3.05) is 6.54 Å². The summed E-state index contributed by atoms with van der Waals surface area (Å²) in [7, 11) is 0. The van der Waals surface area contributed by atoms with Crippen LogP contribution >= 0.6 is 0 Å². The summed E-state index contributed by atoms with van der Waals surface area (Å²) in [6.45, 7) is 7.63. The zero-order valence-corrected chi connectivity index (χ0v) is 10.6. The van der Waals surface area contributed by atoms with Gasteiger partial charge in [0.1, 0.15) is 0 Å². The molecular weight excluding hydrogens is 198 g/mol. The maximum absolute atomic E-state index is 10.1.